The molecule has 1 atom stereocenters. The molecule has 2 nitrogen and oxygen atoms in total. The van der Waals surface area contributed by atoms with Crippen molar-refractivity contribution >= 4 is 5.78 Å². The highest BCUT2D eigenvalue weighted by Gasteiger charge is 2.21. The Morgan fingerprint density at radius 1 is 1.54 bits per heavy atom. The average molecular weight is 182 g/mol. The van der Waals surface area contributed by atoms with Gasteiger partial charge in [0, 0.05) is 19.4 Å². The van der Waals surface area contributed by atoms with Crippen molar-refractivity contribution in [3.8, 4) is 12.3 Å². The fourth-order valence-corrected chi connectivity index (χ4v) is 1.17. The molecule has 1 unspecified atom stereocenters. The third kappa shape index (κ3) is 4.69. The molecule has 13 heavy (non-hydrogen) atoms. The summed E-state index contributed by atoms with van der Waals surface area (Å²) >= 11 is 0. The number of hydrogen-bond donors (Lipinski definition) is 0. The van der Waals surface area contributed by atoms with Crippen molar-refractivity contribution in [2.45, 2.75) is 39.7 Å². The standard InChI is InChI=1S/C11H18O2/c1-5-7-8-10(12)11(9(3)4)13-6-2/h1,9,11H,6-8H2,2-4H3. The van der Waals surface area contributed by atoms with Gasteiger partial charge < -0.3 is 4.74 Å². The molecule has 0 aromatic heterocycles. The van der Waals surface area contributed by atoms with E-state index in [2.05, 4.69) is 5.92 Å². The maximum Gasteiger partial charge on any atom is 0.162 e. The molecule has 74 valence electrons. The van der Waals surface area contributed by atoms with Crippen LogP contribution in [0.5, 0.6) is 0 Å². The number of carbonyl (C=O) groups is 1. The SMILES string of the molecule is C#CCCC(=O)C(OCC)C(C)C. The molecule has 0 radical (unpaired) electrons. The molecule has 0 aromatic carbocycles. The fraction of sp³-hybridized carbons (Fsp3) is 0.727. The second kappa shape index (κ2) is 6.68. The van der Waals surface area contributed by atoms with Gasteiger partial charge in [-0.15, -0.1) is 12.3 Å². The van der Waals surface area contributed by atoms with Crippen LogP contribution in [-0.2, 0) is 9.53 Å². The summed E-state index contributed by atoms with van der Waals surface area (Å²) in [6.45, 7) is 6.43. The van der Waals surface area contributed by atoms with Crippen molar-refractivity contribution in [2.75, 3.05) is 6.61 Å². The van der Waals surface area contributed by atoms with Crippen LogP contribution in [0, 0.1) is 18.3 Å². The number of ether oxygens (including phenoxy) is 1. The van der Waals surface area contributed by atoms with Gasteiger partial charge in [-0.1, -0.05) is 13.8 Å². The van der Waals surface area contributed by atoms with Gasteiger partial charge in [-0.3, -0.25) is 4.79 Å². The molecule has 0 bridgehead atoms. The van der Waals surface area contributed by atoms with Crippen LogP contribution in [0.15, 0.2) is 0 Å². The second-order valence-corrected chi connectivity index (χ2v) is 3.29. The van der Waals surface area contributed by atoms with Crippen LogP contribution in [0.25, 0.3) is 0 Å². The Bertz CT molecular complexity index is 189. The number of rotatable bonds is 6. The molecule has 0 aliphatic heterocycles. The number of ketones is 1. The molecule has 0 saturated heterocycles. The van der Waals surface area contributed by atoms with E-state index in [1.807, 2.05) is 20.8 Å². The molecular formula is C11H18O2. The highest BCUT2D eigenvalue weighted by Crippen LogP contribution is 2.10. The van der Waals surface area contributed by atoms with E-state index in [4.69, 9.17) is 11.2 Å². The van der Waals surface area contributed by atoms with Crippen LogP contribution < -0.4 is 0 Å². The number of Topliss-reactive ketones (excluding diaryl/α,β-unsaturated/α-hetero) is 1. The van der Waals surface area contributed by atoms with Gasteiger partial charge in [0.1, 0.15) is 6.10 Å². The van der Waals surface area contributed by atoms with Crippen molar-refractivity contribution in [3.63, 3.8) is 0 Å². The lowest BCUT2D eigenvalue weighted by Gasteiger charge is -2.18. The third-order valence-corrected chi connectivity index (χ3v) is 1.78. The molecule has 0 N–H and O–H groups in total. The predicted molar refractivity (Wildman–Crippen MR) is 53.3 cm³/mol. The molecule has 0 rings (SSSR count). The molecule has 2 heteroatoms. The van der Waals surface area contributed by atoms with Crippen LogP contribution >= 0.6 is 0 Å². The first kappa shape index (κ1) is 12.2. The maximum absolute atomic E-state index is 11.5. The summed E-state index contributed by atoms with van der Waals surface area (Å²) in [6.07, 6.45) is 5.74. The van der Waals surface area contributed by atoms with E-state index in [0.717, 1.165) is 0 Å². The molecule has 0 aliphatic carbocycles. The van der Waals surface area contributed by atoms with E-state index in [9.17, 15) is 4.79 Å². The minimum Gasteiger partial charge on any atom is -0.370 e. The largest absolute Gasteiger partial charge is 0.370 e. The molecule has 0 saturated carbocycles. The van der Waals surface area contributed by atoms with Crippen LogP contribution in [0.3, 0.4) is 0 Å². The van der Waals surface area contributed by atoms with E-state index in [-0.39, 0.29) is 17.8 Å². The van der Waals surface area contributed by atoms with E-state index in [0.29, 0.717) is 19.4 Å². The Morgan fingerprint density at radius 2 is 2.15 bits per heavy atom. The number of terminal acetylenes is 1. The Hall–Kier alpha value is -0.810. The van der Waals surface area contributed by atoms with E-state index in [1.165, 1.54) is 0 Å². The molecule has 0 fully saturated rings. The molecule has 0 aromatic rings. The monoisotopic (exact) mass is 182 g/mol. The Labute approximate surface area is 80.7 Å². The lowest BCUT2D eigenvalue weighted by Crippen LogP contribution is -2.29. The molecule has 0 aliphatic rings. The quantitative estimate of drug-likeness (QED) is 0.587. The van der Waals surface area contributed by atoms with E-state index >= 15 is 0 Å². The van der Waals surface area contributed by atoms with Gasteiger partial charge in [0.15, 0.2) is 5.78 Å². The summed E-state index contributed by atoms with van der Waals surface area (Å²) in [7, 11) is 0. The van der Waals surface area contributed by atoms with Gasteiger partial charge >= 0.3 is 0 Å². The van der Waals surface area contributed by atoms with Crippen molar-refractivity contribution in [1.29, 1.82) is 0 Å². The normalized spacial score (nSPS) is 12.5. The van der Waals surface area contributed by atoms with Crippen molar-refractivity contribution in [1.82, 2.24) is 0 Å². The lowest BCUT2D eigenvalue weighted by molar-refractivity contribution is -0.132. The van der Waals surface area contributed by atoms with Gasteiger partial charge in [-0.25, -0.2) is 0 Å². The van der Waals surface area contributed by atoms with Gasteiger partial charge in [-0.05, 0) is 12.8 Å². The maximum atomic E-state index is 11.5. The minimum atomic E-state index is -0.279. The first-order chi connectivity index (χ1) is 6.13. The molecular weight excluding hydrogens is 164 g/mol. The lowest BCUT2D eigenvalue weighted by atomic mass is 10.00. The van der Waals surface area contributed by atoms with Crippen molar-refractivity contribution in [2.24, 2.45) is 5.92 Å². The predicted octanol–water partition coefficient (Wildman–Crippen LogP) is 2.03. The zero-order valence-electron chi connectivity index (χ0n) is 8.67. The zero-order valence-corrected chi connectivity index (χ0v) is 8.67. The average Bonchev–Trinajstić information content (AvgIpc) is 2.09. The van der Waals surface area contributed by atoms with Gasteiger partial charge in [0.2, 0.25) is 0 Å². The van der Waals surface area contributed by atoms with Crippen molar-refractivity contribution in [3.05, 3.63) is 0 Å². The summed E-state index contributed by atoms with van der Waals surface area (Å²) in [5.41, 5.74) is 0. The van der Waals surface area contributed by atoms with Crippen LogP contribution in [0.1, 0.15) is 33.6 Å². The second-order valence-electron chi connectivity index (χ2n) is 3.29. The Kier molecular flexibility index (Phi) is 6.26. The highest BCUT2D eigenvalue weighted by atomic mass is 16.5. The summed E-state index contributed by atoms with van der Waals surface area (Å²) < 4.78 is 5.34. The van der Waals surface area contributed by atoms with E-state index < -0.39 is 0 Å². The smallest absolute Gasteiger partial charge is 0.162 e. The summed E-state index contributed by atoms with van der Waals surface area (Å²) in [6, 6.07) is 0. The molecule has 0 spiro atoms. The van der Waals surface area contributed by atoms with Gasteiger partial charge in [0.05, 0.1) is 0 Å². The van der Waals surface area contributed by atoms with Gasteiger partial charge in [-0.2, -0.15) is 0 Å². The third-order valence-electron chi connectivity index (χ3n) is 1.78. The highest BCUT2D eigenvalue weighted by molar-refractivity contribution is 5.83. The van der Waals surface area contributed by atoms with E-state index in [1.54, 1.807) is 0 Å². The van der Waals surface area contributed by atoms with Crippen LogP contribution in [-0.4, -0.2) is 18.5 Å². The summed E-state index contributed by atoms with van der Waals surface area (Å²) in [5, 5.41) is 0. The minimum absolute atomic E-state index is 0.120. The summed E-state index contributed by atoms with van der Waals surface area (Å²) in [4.78, 5) is 11.5. The topological polar surface area (TPSA) is 26.3 Å². The van der Waals surface area contributed by atoms with Crippen LogP contribution in [0.4, 0.5) is 0 Å². The zero-order chi connectivity index (χ0) is 10.3. The molecule has 0 heterocycles. The fourth-order valence-electron chi connectivity index (χ4n) is 1.17. The Balaban J connectivity index is 4.05. The molecule has 0 amide bonds. The Morgan fingerprint density at radius 3 is 2.54 bits per heavy atom. The number of carbonyl (C=O) groups excluding carboxylic acids is 1. The first-order valence-electron chi connectivity index (χ1n) is 4.71. The van der Waals surface area contributed by atoms with Gasteiger partial charge in [0.25, 0.3) is 0 Å². The van der Waals surface area contributed by atoms with Crippen molar-refractivity contribution < 1.29 is 9.53 Å². The van der Waals surface area contributed by atoms with Crippen LogP contribution in [0.2, 0.25) is 0 Å². The number of hydrogen-bond acceptors (Lipinski definition) is 2. The first-order valence-corrected chi connectivity index (χ1v) is 4.71. The summed E-state index contributed by atoms with van der Waals surface area (Å²) in [5.74, 6) is 2.81.